The largest absolute Gasteiger partial charge is 0.416 e. The number of alkyl halides is 3. The molecule has 1 atom stereocenters. The Kier molecular flexibility index (Phi) is 5.51. The predicted molar refractivity (Wildman–Crippen MR) is 111 cm³/mol. The van der Waals surface area contributed by atoms with Crippen LogP contribution in [0.25, 0.3) is 0 Å². The normalized spacial score (nSPS) is 19.9. The molecular weight excluding hydrogens is 425 g/mol. The molecule has 3 heterocycles. The molecular formula is C22H21F3N4O3. The average Bonchev–Trinajstić information content (AvgIpc) is 2.73. The summed E-state index contributed by atoms with van der Waals surface area (Å²) < 4.78 is 44.1. The second kappa shape index (κ2) is 8.03. The van der Waals surface area contributed by atoms with Crippen molar-refractivity contribution in [2.24, 2.45) is 10.5 Å². The number of halogens is 3. The number of aliphatic hydroxyl groups is 1. The van der Waals surface area contributed by atoms with Gasteiger partial charge in [0.25, 0.3) is 5.91 Å². The lowest BCUT2D eigenvalue weighted by atomic mass is 9.78. The Morgan fingerprint density at radius 1 is 1.31 bits per heavy atom. The van der Waals surface area contributed by atoms with Crippen LogP contribution in [0.5, 0.6) is 0 Å². The molecule has 2 aliphatic rings. The van der Waals surface area contributed by atoms with E-state index < -0.39 is 23.9 Å². The molecule has 0 spiro atoms. The summed E-state index contributed by atoms with van der Waals surface area (Å²) in [6, 6.07) is 5.83. The second-order valence-corrected chi connectivity index (χ2v) is 8.07. The van der Waals surface area contributed by atoms with E-state index in [0.29, 0.717) is 35.9 Å². The Bertz CT molecular complexity index is 1120. The topological polar surface area (TPSA) is 95.8 Å². The molecule has 3 N–H and O–H groups in total. The van der Waals surface area contributed by atoms with E-state index in [1.165, 1.54) is 18.3 Å². The van der Waals surface area contributed by atoms with E-state index >= 15 is 0 Å². The number of carbonyl (C=O) groups excluding carboxylic acids is 1. The van der Waals surface area contributed by atoms with E-state index in [1.807, 2.05) is 6.92 Å². The van der Waals surface area contributed by atoms with Crippen LogP contribution >= 0.6 is 0 Å². The monoisotopic (exact) mass is 446 g/mol. The highest BCUT2D eigenvalue weighted by Gasteiger charge is 2.41. The number of rotatable bonds is 4. The van der Waals surface area contributed by atoms with Crippen molar-refractivity contribution in [3.8, 4) is 0 Å². The maximum absolute atomic E-state index is 12.9. The first-order valence-electron chi connectivity index (χ1n) is 9.83. The molecule has 1 aromatic carbocycles. The highest BCUT2D eigenvalue weighted by atomic mass is 19.4. The number of allylic oxidation sites excluding steroid dienone is 1. The molecule has 1 unspecified atom stereocenters. The van der Waals surface area contributed by atoms with Gasteiger partial charge in [0.15, 0.2) is 6.23 Å². The molecule has 2 aliphatic heterocycles. The first kappa shape index (κ1) is 22.0. The molecule has 32 heavy (non-hydrogen) atoms. The zero-order valence-corrected chi connectivity index (χ0v) is 17.3. The first-order valence-corrected chi connectivity index (χ1v) is 9.83. The van der Waals surface area contributed by atoms with Gasteiger partial charge < -0.3 is 15.2 Å². The molecule has 4 rings (SSSR count). The van der Waals surface area contributed by atoms with Crippen LogP contribution in [-0.2, 0) is 10.9 Å². The zero-order chi connectivity index (χ0) is 23.1. The number of hydrazone groups is 1. The number of pyridine rings is 1. The Morgan fingerprint density at radius 2 is 2.06 bits per heavy atom. The van der Waals surface area contributed by atoms with Crippen molar-refractivity contribution < 1.29 is 27.8 Å². The van der Waals surface area contributed by atoms with Gasteiger partial charge in [-0.1, -0.05) is 13.0 Å². The number of benzene rings is 1. The third kappa shape index (κ3) is 4.23. The van der Waals surface area contributed by atoms with Gasteiger partial charge in [0, 0.05) is 22.2 Å². The van der Waals surface area contributed by atoms with E-state index in [1.54, 1.807) is 19.1 Å². The van der Waals surface area contributed by atoms with Gasteiger partial charge in [-0.25, -0.2) is 0 Å². The van der Waals surface area contributed by atoms with Crippen molar-refractivity contribution in [2.75, 3.05) is 18.5 Å². The summed E-state index contributed by atoms with van der Waals surface area (Å²) in [6.07, 6.45) is -2.30. The Morgan fingerprint density at radius 3 is 2.72 bits per heavy atom. The lowest BCUT2D eigenvalue weighted by molar-refractivity contribution is -0.137. The van der Waals surface area contributed by atoms with Gasteiger partial charge in [-0.05, 0) is 42.8 Å². The summed E-state index contributed by atoms with van der Waals surface area (Å²) in [7, 11) is 0. The number of amides is 1. The van der Waals surface area contributed by atoms with E-state index in [0.717, 1.165) is 17.7 Å². The number of ether oxygens (including phenoxy) is 1. The Balaban J connectivity index is 1.59. The minimum atomic E-state index is -4.54. The van der Waals surface area contributed by atoms with Gasteiger partial charge in [-0.15, -0.1) is 0 Å². The molecule has 168 valence electrons. The van der Waals surface area contributed by atoms with Gasteiger partial charge in [0.1, 0.15) is 0 Å². The number of hydrogen-bond donors (Lipinski definition) is 3. The highest BCUT2D eigenvalue weighted by molar-refractivity contribution is 6.11. The van der Waals surface area contributed by atoms with Crippen molar-refractivity contribution in [2.45, 2.75) is 26.3 Å². The van der Waals surface area contributed by atoms with Crippen LogP contribution in [0.1, 0.15) is 34.1 Å². The number of carbonyl (C=O) groups is 1. The number of nitrogens with one attached hydrogen (secondary N) is 2. The van der Waals surface area contributed by atoms with Gasteiger partial charge in [-0.3, -0.25) is 15.2 Å². The number of hydrogen-bond acceptors (Lipinski definition) is 6. The molecule has 0 aliphatic carbocycles. The standard InChI is InChI=1S/C22H21F3N4O3/c1-12-16(18-8-17(20(31)29-28-18)21(2)10-32-11-21)7-15(9-26-12)27-19(30)13-4-3-5-14(6-13)22(23,24)25/h3-9,20,29,31H,10-11H2,1-2H3,(H,27,30). The van der Waals surface area contributed by atoms with Gasteiger partial charge >= 0.3 is 6.18 Å². The summed E-state index contributed by atoms with van der Waals surface area (Å²) in [5.74, 6) is -0.692. The fraction of sp³-hybridized carbons (Fsp3) is 0.318. The lowest BCUT2D eigenvalue weighted by Crippen LogP contribution is -2.48. The number of anilines is 1. The third-order valence-electron chi connectivity index (χ3n) is 5.51. The maximum atomic E-state index is 12.9. The fourth-order valence-electron chi connectivity index (χ4n) is 3.58. The van der Waals surface area contributed by atoms with Crippen molar-refractivity contribution >= 4 is 17.3 Å². The number of aromatic nitrogens is 1. The molecule has 0 saturated carbocycles. The van der Waals surface area contributed by atoms with Crippen LogP contribution in [0.4, 0.5) is 18.9 Å². The van der Waals surface area contributed by atoms with Crippen LogP contribution in [-0.4, -0.2) is 41.2 Å². The van der Waals surface area contributed by atoms with Crippen LogP contribution in [0.15, 0.2) is 53.3 Å². The Hall–Kier alpha value is -3.24. The molecule has 1 fully saturated rings. The van der Waals surface area contributed by atoms with E-state index in [-0.39, 0.29) is 11.0 Å². The first-order chi connectivity index (χ1) is 15.1. The summed E-state index contributed by atoms with van der Waals surface area (Å²) in [5, 5.41) is 17.1. The summed E-state index contributed by atoms with van der Waals surface area (Å²) in [5.41, 5.74) is 4.12. The maximum Gasteiger partial charge on any atom is 0.416 e. The number of aryl methyl sites for hydroxylation is 1. The fourth-order valence-corrected chi connectivity index (χ4v) is 3.58. The van der Waals surface area contributed by atoms with Crippen molar-refractivity contribution in [3.05, 3.63) is 70.6 Å². The minimum Gasteiger partial charge on any atom is -0.379 e. The van der Waals surface area contributed by atoms with Crippen LogP contribution in [0.3, 0.4) is 0 Å². The molecule has 0 bridgehead atoms. The van der Waals surface area contributed by atoms with E-state index in [9.17, 15) is 23.1 Å². The van der Waals surface area contributed by atoms with Gasteiger partial charge in [0.05, 0.1) is 36.4 Å². The van der Waals surface area contributed by atoms with Crippen molar-refractivity contribution in [3.63, 3.8) is 0 Å². The summed E-state index contributed by atoms with van der Waals surface area (Å²) in [6.45, 7) is 4.71. The zero-order valence-electron chi connectivity index (χ0n) is 17.3. The molecule has 1 saturated heterocycles. The average molecular weight is 446 g/mol. The lowest BCUT2D eigenvalue weighted by Gasteiger charge is -2.42. The summed E-state index contributed by atoms with van der Waals surface area (Å²) >= 11 is 0. The highest BCUT2D eigenvalue weighted by Crippen LogP contribution is 2.38. The number of aliphatic hydroxyl groups excluding tert-OH is 1. The van der Waals surface area contributed by atoms with Gasteiger partial charge in [-0.2, -0.15) is 18.3 Å². The third-order valence-corrected chi connectivity index (χ3v) is 5.51. The van der Waals surface area contributed by atoms with Crippen molar-refractivity contribution in [1.82, 2.24) is 10.4 Å². The van der Waals surface area contributed by atoms with Crippen LogP contribution in [0.2, 0.25) is 0 Å². The van der Waals surface area contributed by atoms with Crippen molar-refractivity contribution in [1.29, 1.82) is 0 Å². The van der Waals surface area contributed by atoms with Gasteiger partial charge in [0.2, 0.25) is 0 Å². The molecule has 1 aromatic heterocycles. The van der Waals surface area contributed by atoms with E-state index in [4.69, 9.17) is 4.74 Å². The predicted octanol–water partition coefficient (Wildman–Crippen LogP) is 3.25. The minimum absolute atomic E-state index is 0.123. The quantitative estimate of drug-likeness (QED) is 0.670. The SMILES string of the molecule is Cc1ncc(NC(=O)c2cccc(C(F)(F)F)c2)cc1C1=NNC(O)C(C2(C)COC2)=C1. The molecule has 7 nitrogen and oxygen atoms in total. The molecule has 2 aromatic rings. The Labute approximate surface area is 182 Å². The van der Waals surface area contributed by atoms with Crippen LogP contribution < -0.4 is 10.7 Å². The second-order valence-electron chi connectivity index (χ2n) is 8.07. The summed E-state index contributed by atoms with van der Waals surface area (Å²) in [4.78, 5) is 16.8. The number of nitrogens with zero attached hydrogens (tertiary/aromatic N) is 2. The molecule has 1 amide bonds. The molecule has 0 radical (unpaired) electrons. The van der Waals surface area contributed by atoms with E-state index in [2.05, 4.69) is 20.8 Å². The van der Waals surface area contributed by atoms with Crippen LogP contribution in [0, 0.1) is 12.3 Å². The molecule has 10 heteroatoms. The smallest absolute Gasteiger partial charge is 0.379 e.